The van der Waals surface area contributed by atoms with E-state index in [0.717, 1.165) is 26.0 Å². The van der Waals surface area contributed by atoms with Gasteiger partial charge in [0.1, 0.15) is 0 Å². The number of carbonyl (C=O) groups excluding carboxylic acids is 2. The molecule has 3 aromatic carbocycles. The number of aromatic nitrogens is 1. The third-order valence-electron chi connectivity index (χ3n) is 5.22. The van der Waals surface area contributed by atoms with Crippen LogP contribution in [0, 0.1) is 10.1 Å². The average Bonchev–Trinajstić information content (AvgIpc) is 3.22. The first kappa shape index (κ1) is 24.5. The van der Waals surface area contributed by atoms with Crippen molar-refractivity contribution in [3.63, 3.8) is 0 Å². The van der Waals surface area contributed by atoms with Gasteiger partial charge in [-0.05, 0) is 42.5 Å². The van der Waals surface area contributed by atoms with Gasteiger partial charge in [0.2, 0.25) is 5.91 Å². The Kier molecular flexibility index (Phi) is 7.84. The molecule has 0 spiro atoms. The average molecular weight is 553 g/mol. The second kappa shape index (κ2) is 11.2. The molecule has 0 saturated heterocycles. The van der Waals surface area contributed by atoms with E-state index in [0.29, 0.717) is 18.7 Å². The number of hydrogen-bond acceptors (Lipinski definition) is 5. The Morgan fingerprint density at radius 1 is 1.00 bits per heavy atom. The maximum Gasteiger partial charge on any atom is 0.269 e. The van der Waals surface area contributed by atoms with Crippen LogP contribution >= 0.6 is 27.7 Å². The summed E-state index contributed by atoms with van der Waals surface area (Å²) in [6.07, 6.45) is 1.99. The molecule has 4 rings (SSSR count). The smallest absolute Gasteiger partial charge is 0.269 e. The Morgan fingerprint density at radius 2 is 1.71 bits per heavy atom. The van der Waals surface area contributed by atoms with Gasteiger partial charge in [-0.15, -0.1) is 11.8 Å². The fourth-order valence-electron chi connectivity index (χ4n) is 3.51. The summed E-state index contributed by atoms with van der Waals surface area (Å²) in [6.45, 7) is 0.910. The van der Waals surface area contributed by atoms with E-state index in [-0.39, 0.29) is 23.3 Å². The molecule has 0 aliphatic rings. The lowest BCUT2D eigenvalue weighted by Crippen LogP contribution is -2.27. The highest BCUT2D eigenvalue weighted by atomic mass is 79.9. The minimum absolute atomic E-state index is 0.0593. The Bertz CT molecular complexity index is 1370. The number of rotatable bonds is 9. The number of thioether (sulfide) groups is 1. The number of nitrogens with zero attached hydrogens (tertiary/aromatic N) is 2. The van der Waals surface area contributed by atoms with Gasteiger partial charge in [0.25, 0.3) is 11.6 Å². The van der Waals surface area contributed by atoms with E-state index in [4.69, 9.17) is 0 Å². The number of para-hydroxylation sites is 1. The fraction of sp³-hybridized carbons (Fsp3) is 0.120. The Labute approximate surface area is 214 Å². The number of carbonyl (C=O) groups is 2. The molecule has 0 bridgehead atoms. The summed E-state index contributed by atoms with van der Waals surface area (Å²) < 4.78 is 2.99. The molecule has 2 N–H and O–H groups in total. The van der Waals surface area contributed by atoms with Crippen molar-refractivity contribution in [1.82, 2.24) is 9.88 Å². The summed E-state index contributed by atoms with van der Waals surface area (Å²) in [7, 11) is 0. The largest absolute Gasteiger partial charge is 0.350 e. The summed E-state index contributed by atoms with van der Waals surface area (Å²) in [4.78, 5) is 36.1. The molecule has 8 nitrogen and oxygen atoms in total. The van der Waals surface area contributed by atoms with E-state index in [1.54, 1.807) is 0 Å². The number of halogens is 1. The number of nitrogens with one attached hydrogen (secondary N) is 2. The number of hydrogen-bond donors (Lipinski definition) is 2. The van der Waals surface area contributed by atoms with Gasteiger partial charge in [-0.1, -0.05) is 34.1 Å². The van der Waals surface area contributed by atoms with Gasteiger partial charge >= 0.3 is 0 Å². The lowest BCUT2D eigenvalue weighted by Gasteiger charge is -2.07. The summed E-state index contributed by atoms with van der Waals surface area (Å²) in [6, 6.07) is 20.8. The standard InChI is InChI=1S/C25H21BrN4O4S/c26-18-7-9-19(10-8-18)28-24(31)16-35-23-15-29(22-4-2-1-3-21(22)23)14-13-27-25(32)17-5-11-20(12-6-17)30(33)34/h1-12,15H,13-14,16H2,(H,27,32)(H,28,31). The van der Waals surface area contributed by atoms with Crippen LogP contribution in [-0.4, -0.2) is 33.6 Å². The quantitative estimate of drug-likeness (QED) is 0.162. The van der Waals surface area contributed by atoms with Crippen LogP contribution in [0.15, 0.2) is 88.4 Å². The summed E-state index contributed by atoms with van der Waals surface area (Å²) in [5, 5.41) is 17.6. The summed E-state index contributed by atoms with van der Waals surface area (Å²) in [5.74, 6) is -0.124. The normalized spacial score (nSPS) is 10.8. The van der Waals surface area contributed by atoms with Crippen molar-refractivity contribution in [3.8, 4) is 0 Å². The molecular weight excluding hydrogens is 532 g/mol. The molecular formula is C25H21BrN4O4S. The van der Waals surface area contributed by atoms with Crippen molar-refractivity contribution in [2.75, 3.05) is 17.6 Å². The number of nitro groups is 1. The van der Waals surface area contributed by atoms with Gasteiger partial charge in [-0.3, -0.25) is 19.7 Å². The lowest BCUT2D eigenvalue weighted by molar-refractivity contribution is -0.384. The van der Waals surface area contributed by atoms with Gasteiger partial charge in [0.05, 0.1) is 10.7 Å². The zero-order chi connectivity index (χ0) is 24.8. The maximum absolute atomic E-state index is 12.4. The minimum Gasteiger partial charge on any atom is -0.350 e. The van der Waals surface area contributed by atoms with Gasteiger partial charge in [-0.2, -0.15) is 0 Å². The predicted octanol–water partition coefficient (Wildman–Crippen LogP) is 5.47. The highest BCUT2D eigenvalue weighted by Crippen LogP contribution is 2.30. The van der Waals surface area contributed by atoms with Crippen LogP contribution in [0.3, 0.4) is 0 Å². The van der Waals surface area contributed by atoms with Gasteiger partial charge in [0, 0.05) is 62.9 Å². The first-order valence-corrected chi connectivity index (χ1v) is 12.5. The molecule has 35 heavy (non-hydrogen) atoms. The molecule has 2 amide bonds. The zero-order valence-electron chi connectivity index (χ0n) is 18.4. The van der Waals surface area contributed by atoms with Crippen LogP contribution in [0.5, 0.6) is 0 Å². The van der Waals surface area contributed by atoms with Crippen molar-refractivity contribution in [1.29, 1.82) is 0 Å². The number of amides is 2. The topological polar surface area (TPSA) is 106 Å². The molecule has 178 valence electrons. The van der Waals surface area contributed by atoms with E-state index < -0.39 is 4.92 Å². The number of nitro benzene ring substituents is 1. The second-order valence-corrected chi connectivity index (χ2v) is 9.54. The molecule has 0 unspecified atom stereocenters. The summed E-state index contributed by atoms with van der Waals surface area (Å²) >= 11 is 4.84. The van der Waals surface area contributed by atoms with Crippen LogP contribution < -0.4 is 10.6 Å². The number of benzene rings is 3. The Morgan fingerprint density at radius 3 is 2.43 bits per heavy atom. The van der Waals surface area contributed by atoms with Crippen molar-refractivity contribution in [3.05, 3.63) is 99.1 Å². The summed E-state index contributed by atoms with van der Waals surface area (Å²) in [5.41, 5.74) is 2.05. The second-order valence-electron chi connectivity index (χ2n) is 7.61. The van der Waals surface area contributed by atoms with E-state index >= 15 is 0 Å². The van der Waals surface area contributed by atoms with Crippen LogP contribution in [0.2, 0.25) is 0 Å². The van der Waals surface area contributed by atoms with Crippen LogP contribution in [0.4, 0.5) is 11.4 Å². The molecule has 10 heteroatoms. The van der Waals surface area contributed by atoms with E-state index in [2.05, 4.69) is 26.6 Å². The van der Waals surface area contributed by atoms with Crippen molar-refractivity contribution < 1.29 is 14.5 Å². The Hall–Kier alpha value is -3.63. The molecule has 1 aromatic heterocycles. The van der Waals surface area contributed by atoms with Crippen LogP contribution in [-0.2, 0) is 11.3 Å². The molecule has 0 aliphatic heterocycles. The van der Waals surface area contributed by atoms with E-state index in [1.165, 1.54) is 36.0 Å². The molecule has 0 saturated carbocycles. The highest BCUT2D eigenvalue weighted by Gasteiger charge is 2.12. The Balaban J connectivity index is 1.36. The van der Waals surface area contributed by atoms with E-state index in [1.807, 2.05) is 59.3 Å². The first-order valence-electron chi connectivity index (χ1n) is 10.7. The van der Waals surface area contributed by atoms with E-state index in [9.17, 15) is 19.7 Å². The molecule has 4 aromatic rings. The molecule has 1 heterocycles. The third-order valence-corrected chi connectivity index (χ3v) is 6.79. The van der Waals surface area contributed by atoms with Gasteiger partial charge in [-0.25, -0.2) is 0 Å². The van der Waals surface area contributed by atoms with Gasteiger partial charge in [0.15, 0.2) is 0 Å². The van der Waals surface area contributed by atoms with Gasteiger partial charge < -0.3 is 15.2 Å². The van der Waals surface area contributed by atoms with Crippen molar-refractivity contribution in [2.24, 2.45) is 0 Å². The lowest BCUT2D eigenvalue weighted by atomic mass is 10.2. The van der Waals surface area contributed by atoms with Crippen LogP contribution in [0.25, 0.3) is 10.9 Å². The molecule has 0 aliphatic carbocycles. The predicted molar refractivity (Wildman–Crippen MR) is 141 cm³/mol. The molecule has 0 atom stereocenters. The fourth-order valence-corrected chi connectivity index (χ4v) is 4.67. The zero-order valence-corrected chi connectivity index (χ0v) is 20.8. The monoisotopic (exact) mass is 552 g/mol. The molecule has 0 fully saturated rings. The van der Waals surface area contributed by atoms with Crippen molar-refractivity contribution >= 4 is 61.8 Å². The van der Waals surface area contributed by atoms with Crippen LogP contribution in [0.1, 0.15) is 10.4 Å². The molecule has 0 radical (unpaired) electrons. The number of non-ortho nitro benzene ring substituents is 1. The minimum atomic E-state index is -0.501. The maximum atomic E-state index is 12.4. The van der Waals surface area contributed by atoms with Crippen molar-refractivity contribution in [2.45, 2.75) is 11.4 Å². The highest BCUT2D eigenvalue weighted by molar-refractivity contribution is 9.10. The first-order chi connectivity index (χ1) is 16.9. The SMILES string of the molecule is O=C(CSc1cn(CCNC(=O)c2ccc([N+](=O)[O-])cc2)c2ccccc12)Nc1ccc(Br)cc1. The third kappa shape index (κ3) is 6.28. The number of anilines is 1. The number of fused-ring (bicyclic) bond motifs is 1.